The van der Waals surface area contributed by atoms with Crippen LogP contribution in [0.4, 0.5) is 0 Å². The molecule has 0 saturated heterocycles. The van der Waals surface area contributed by atoms with E-state index in [0.29, 0.717) is 0 Å². The molecular weight excluding hydrogens is 254 g/mol. The van der Waals surface area contributed by atoms with Crippen LogP contribution in [-0.2, 0) is 9.53 Å². The summed E-state index contributed by atoms with van der Waals surface area (Å²) in [6.45, 7) is 3.45. The van der Waals surface area contributed by atoms with Crippen LogP contribution in [0.15, 0.2) is 36.4 Å². The quantitative estimate of drug-likeness (QED) is 0.687. The molecule has 0 amide bonds. The molecule has 0 aromatic heterocycles. The second-order valence-corrected chi connectivity index (χ2v) is 4.84. The summed E-state index contributed by atoms with van der Waals surface area (Å²) in [6.07, 6.45) is -0.588. The maximum atomic E-state index is 11.9. The molecule has 2 aromatic carbocycles. The lowest BCUT2D eigenvalue weighted by atomic mass is 9.98. The second-order valence-electron chi connectivity index (χ2n) is 4.84. The summed E-state index contributed by atoms with van der Waals surface area (Å²) in [5, 5.41) is 2.13. The largest absolute Gasteiger partial charge is 0.497 e. The summed E-state index contributed by atoms with van der Waals surface area (Å²) in [4.78, 5) is 11.9. The van der Waals surface area contributed by atoms with E-state index in [1.165, 1.54) is 0 Å². The fraction of sp³-hybridized carbons (Fsp3) is 0.312. The van der Waals surface area contributed by atoms with Gasteiger partial charge in [0.1, 0.15) is 12.0 Å². The molecule has 0 spiro atoms. The van der Waals surface area contributed by atoms with Crippen LogP contribution in [0.2, 0.25) is 0 Å². The number of fused-ring (bicyclic) bond motifs is 1. The first-order chi connectivity index (χ1) is 9.51. The van der Waals surface area contributed by atoms with Gasteiger partial charge in [-0.1, -0.05) is 24.3 Å². The van der Waals surface area contributed by atoms with Crippen molar-refractivity contribution in [2.24, 2.45) is 5.73 Å². The van der Waals surface area contributed by atoms with E-state index < -0.39 is 6.23 Å². The molecule has 4 heteroatoms. The molecule has 2 unspecified atom stereocenters. The van der Waals surface area contributed by atoms with Gasteiger partial charge in [-0.15, -0.1) is 0 Å². The molecule has 2 atom stereocenters. The third kappa shape index (κ3) is 3.08. The van der Waals surface area contributed by atoms with Crippen molar-refractivity contribution in [3.05, 3.63) is 42.0 Å². The molecule has 106 valence electrons. The smallest absolute Gasteiger partial charge is 0.314 e. The number of hydrogen-bond donors (Lipinski definition) is 1. The van der Waals surface area contributed by atoms with Crippen molar-refractivity contribution < 1.29 is 14.3 Å². The molecule has 2 N–H and O–H groups in total. The van der Waals surface area contributed by atoms with Crippen LogP contribution < -0.4 is 10.5 Å². The van der Waals surface area contributed by atoms with Gasteiger partial charge in [0.05, 0.1) is 13.0 Å². The van der Waals surface area contributed by atoms with Gasteiger partial charge in [-0.3, -0.25) is 10.5 Å². The summed E-state index contributed by atoms with van der Waals surface area (Å²) >= 11 is 0. The van der Waals surface area contributed by atoms with E-state index in [-0.39, 0.29) is 11.9 Å². The molecule has 0 fully saturated rings. The van der Waals surface area contributed by atoms with E-state index in [0.717, 1.165) is 22.1 Å². The van der Waals surface area contributed by atoms with Gasteiger partial charge in [0.25, 0.3) is 0 Å². The Morgan fingerprint density at radius 2 is 1.75 bits per heavy atom. The predicted molar refractivity (Wildman–Crippen MR) is 78.7 cm³/mol. The van der Waals surface area contributed by atoms with E-state index in [4.69, 9.17) is 15.2 Å². The zero-order valence-electron chi connectivity index (χ0n) is 11.9. The van der Waals surface area contributed by atoms with Crippen LogP contribution in [0.1, 0.15) is 25.3 Å². The minimum absolute atomic E-state index is 0.312. The van der Waals surface area contributed by atoms with Crippen LogP contribution in [0, 0.1) is 0 Å². The number of hydrogen-bond acceptors (Lipinski definition) is 4. The Hall–Kier alpha value is -2.07. The monoisotopic (exact) mass is 273 g/mol. The molecular formula is C16H19NO3. The molecule has 0 bridgehead atoms. The van der Waals surface area contributed by atoms with Crippen molar-refractivity contribution in [2.75, 3.05) is 7.11 Å². The normalized spacial score (nSPS) is 13.8. The maximum absolute atomic E-state index is 11.9. The highest BCUT2D eigenvalue weighted by atomic mass is 16.6. The van der Waals surface area contributed by atoms with E-state index in [1.807, 2.05) is 43.3 Å². The van der Waals surface area contributed by atoms with Crippen molar-refractivity contribution in [2.45, 2.75) is 26.0 Å². The third-order valence-electron chi connectivity index (χ3n) is 3.23. The average molecular weight is 273 g/mol. The summed E-state index contributed by atoms with van der Waals surface area (Å²) in [7, 11) is 1.64. The van der Waals surface area contributed by atoms with E-state index >= 15 is 0 Å². The van der Waals surface area contributed by atoms with E-state index in [1.54, 1.807) is 14.0 Å². The van der Waals surface area contributed by atoms with Crippen LogP contribution in [0.25, 0.3) is 10.8 Å². The lowest BCUT2D eigenvalue weighted by Gasteiger charge is -2.14. The summed E-state index contributed by atoms with van der Waals surface area (Å²) in [6, 6.07) is 11.7. The average Bonchev–Trinajstić information content (AvgIpc) is 2.44. The number of ether oxygens (including phenoxy) is 2. The second kappa shape index (κ2) is 5.92. The number of methoxy groups -OCH3 is 1. The Morgan fingerprint density at radius 1 is 1.10 bits per heavy atom. The van der Waals surface area contributed by atoms with Crippen molar-refractivity contribution in [3.8, 4) is 5.75 Å². The fourth-order valence-electron chi connectivity index (χ4n) is 2.06. The van der Waals surface area contributed by atoms with Crippen molar-refractivity contribution in [3.63, 3.8) is 0 Å². The van der Waals surface area contributed by atoms with Gasteiger partial charge >= 0.3 is 5.97 Å². The highest BCUT2D eigenvalue weighted by Crippen LogP contribution is 2.25. The highest BCUT2D eigenvalue weighted by Gasteiger charge is 2.18. The van der Waals surface area contributed by atoms with Crippen LogP contribution in [0.3, 0.4) is 0 Å². The molecule has 2 rings (SSSR count). The maximum Gasteiger partial charge on any atom is 0.314 e. The van der Waals surface area contributed by atoms with Gasteiger partial charge in [0.15, 0.2) is 0 Å². The minimum Gasteiger partial charge on any atom is -0.497 e. The van der Waals surface area contributed by atoms with E-state index in [9.17, 15) is 4.79 Å². The minimum atomic E-state index is -0.588. The van der Waals surface area contributed by atoms with Crippen LogP contribution >= 0.6 is 0 Å². The number of esters is 1. The standard InChI is InChI=1S/C16H19NO3/c1-10(16(18)20-11(2)17)12-4-5-14-9-15(19-3)7-6-13(14)8-12/h4-11H,17H2,1-3H3. The van der Waals surface area contributed by atoms with Gasteiger partial charge in [-0.25, -0.2) is 0 Å². The zero-order chi connectivity index (χ0) is 14.7. The Labute approximate surface area is 118 Å². The summed E-state index contributed by atoms with van der Waals surface area (Å²) in [5.41, 5.74) is 6.39. The summed E-state index contributed by atoms with van der Waals surface area (Å²) < 4.78 is 10.2. The Balaban J connectivity index is 2.29. The third-order valence-corrected chi connectivity index (χ3v) is 3.23. The Bertz CT molecular complexity index is 622. The molecule has 0 aliphatic carbocycles. The first-order valence-corrected chi connectivity index (χ1v) is 6.55. The molecule has 4 nitrogen and oxygen atoms in total. The number of rotatable bonds is 4. The molecule has 2 aromatic rings. The predicted octanol–water partition coefficient (Wildman–Crippen LogP) is 2.80. The first kappa shape index (κ1) is 14.3. The zero-order valence-corrected chi connectivity index (χ0v) is 11.9. The van der Waals surface area contributed by atoms with E-state index in [2.05, 4.69) is 0 Å². The Morgan fingerprint density at radius 3 is 2.40 bits per heavy atom. The molecule has 0 aliphatic rings. The molecule has 0 radical (unpaired) electrons. The molecule has 20 heavy (non-hydrogen) atoms. The number of carbonyl (C=O) groups is 1. The van der Waals surface area contributed by atoms with Crippen molar-refractivity contribution in [1.29, 1.82) is 0 Å². The Kier molecular flexibility index (Phi) is 4.25. The fourth-order valence-corrected chi connectivity index (χ4v) is 2.06. The number of nitrogens with two attached hydrogens (primary N) is 1. The number of benzene rings is 2. The SMILES string of the molecule is COc1ccc2cc(C(C)C(=O)OC(C)N)ccc2c1. The molecule has 0 heterocycles. The summed E-state index contributed by atoms with van der Waals surface area (Å²) in [5.74, 6) is 0.162. The highest BCUT2D eigenvalue weighted by molar-refractivity contribution is 5.86. The van der Waals surface area contributed by atoms with Gasteiger partial charge < -0.3 is 9.47 Å². The van der Waals surface area contributed by atoms with Crippen LogP contribution in [0.5, 0.6) is 5.75 Å². The lowest BCUT2D eigenvalue weighted by molar-refractivity contribution is -0.149. The van der Waals surface area contributed by atoms with Crippen molar-refractivity contribution >= 4 is 16.7 Å². The van der Waals surface area contributed by atoms with Crippen LogP contribution in [-0.4, -0.2) is 19.3 Å². The van der Waals surface area contributed by atoms with Gasteiger partial charge in [0, 0.05) is 0 Å². The first-order valence-electron chi connectivity index (χ1n) is 6.55. The molecule has 0 saturated carbocycles. The van der Waals surface area contributed by atoms with Gasteiger partial charge in [0.2, 0.25) is 0 Å². The molecule has 0 aliphatic heterocycles. The topological polar surface area (TPSA) is 61.5 Å². The van der Waals surface area contributed by atoms with Gasteiger partial charge in [-0.05, 0) is 42.3 Å². The van der Waals surface area contributed by atoms with Gasteiger partial charge in [-0.2, -0.15) is 0 Å². The number of carbonyl (C=O) groups excluding carboxylic acids is 1. The lowest BCUT2D eigenvalue weighted by Crippen LogP contribution is -2.26. The van der Waals surface area contributed by atoms with Crippen molar-refractivity contribution in [1.82, 2.24) is 0 Å².